The van der Waals surface area contributed by atoms with E-state index in [0.717, 1.165) is 24.7 Å². The van der Waals surface area contributed by atoms with Crippen LogP contribution < -0.4 is 0 Å². The van der Waals surface area contributed by atoms with Crippen molar-refractivity contribution in [2.24, 2.45) is 22.7 Å². The van der Waals surface area contributed by atoms with Gasteiger partial charge in [0, 0.05) is 0 Å². The van der Waals surface area contributed by atoms with Crippen LogP contribution in [0.4, 0.5) is 0 Å². The van der Waals surface area contributed by atoms with Crippen molar-refractivity contribution in [3.05, 3.63) is 0 Å². The zero-order chi connectivity index (χ0) is 12.4. The van der Waals surface area contributed by atoms with Gasteiger partial charge in [-0.15, -0.1) is 0 Å². The van der Waals surface area contributed by atoms with E-state index in [-0.39, 0.29) is 5.41 Å². The Kier molecular flexibility index (Phi) is 4.05. The first-order valence-electron chi connectivity index (χ1n) is 6.77. The molecule has 1 aliphatic carbocycles. The van der Waals surface area contributed by atoms with Crippen LogP contribution in [-0.2, 0) is 0 Å². The van der Waals surface area contributed by atoms with Gasteiger partial charge < -0.3 is 0 Å². The molecule has 0 aliphatic heterocycles. The van der Waals surface area contributed by atoms with Gasteiger partial charge in [0.05, 0.1) is 11.5 Å². The van der Waals surface area contributed by atoms with Crippen molar-refractivity contribution in [2.45, 2.75) is 66.7 Å². The molecule has 0 spiro atoms. The molecule has 0 aromatic heterocycles. The summed E-state index contributed by atoms with van der Waals surface area (Å²) in [5, 5.41) is 9.38. The van der Waals surface area contributed by atoms with Gasteiger partial charge in [0.2, 0.25) is 0 Å². The van der Waals surface area contributed by atoms with Crippen LogP contribution in [0.15, 0.2) is 0 Å². The largest absolute Gasteiger partial charge is 0.198 e. The third-order valence-electron chi connectivity index (χ3n) is 4.38. The van der Waals surface area contributed by atoms with E-state index in [2.05, 4.69) is 40.7 Å². The van der Waals surface area contributed by atoms with Gasteiger partial charge >= 0.3 is 0 Å². The standard InChI is InChI=1S/C15H27N/c1-6-12(7-2)13-8-14(3,4)10-15(5,9-13)11-16/h12-13H,6-10H2,1-5H3. The Morgan fingerprint density at radius 2 is 1.75 bits per heavy atom. The molecule has 0 bridgehead atoms. The van der Waals surface area contributed by atoms with E-state index >= 15 is 0 Å². The molecule has 0 N–H and O–H groups in total. The summed E-state index contributed by atoms with van der Waals surface area (Å²) in [5.41, 5.74) is 0.255. The number of rotatable bonds is 3. The zero-order valence-corrected chi connectivity index (χ0v) is 11.6. The second-order valence-electron chi connectivity index (χ2n) is 6.76. The minimum absolute atomic E-state index is 0.0883. The molecule has 0 saturated heterocycles. The Balaban J connectivity index is 2.85. The first-order valence-corrected chi connectivity index (χ1v) is 6.77. The summed E-state index contributed by atoms with van der Waals surface area (Å²) in [6, 6.07) is 2.57. The topological polar surface area (TPSA) is 23.8 Å². The molecule has 0 radical (unpaired) electrons. The quantitative estimate of drug-likeness (QED) is 0.673. The fourth-order valence-corrected chi connectivity index (χ4v) is 3.94. The van der Waals surface area contributed by atoms with Crippen molar-refractivity contribution in [1.29, 1.82) is 5.26 Å². The molecule has 0 aromatic rings. The van der Waals surface area contributed by atoms with Crippen molar-refractivity contribution >= 4 is 0 Å². The van der Waals surface area contributed by atoms with Gasteiger partial charge in [0.15, 0.2) is 0 Å². The van der Waals surface area contributed by atoms with Gasteiger partial charge in [-0.05, 0) is 43.4 Å². The maximum Gasteiger partial charge on any atom is 0.0687 e. The summed E-state index contributed by atoms with van der Waals surface area (Å²) in [5.74, 6) is 1.57. The molecule has 1 nitrogen and oxygen atoms in total. The minimum atomic E-state index is -0.0883. The Hall–Kier alpha value is -0.510. The molecule has 0 aromatic carbocycles. The van der Waals surface area contributed by atoms with E-state index in [4.69, 9.17) is 0 Å². The molecule has 2 unspecified atom stereocenters. The fourth-order valence-electron chi connectivity index (χ4n) is 3.94. The molecule has 1 heteroatoms. The van der Waals surface area contributed by atoms with Gasteiger partial charge in [-0.1, -0.05) is 40.5 Å². The lowest BCUT2D eigenvalue weighted by Gasteiger charge is -2.45. The van der Waals surface area contributed by atoms with Crippen LogP contribution in [0.3, 0.4) is 0 Å². The number of hydrogen-bond acceptors (Lipinski definition) is 1. The highest BCUT2D eigenvalue weighted by molar-refractivity contribution is 5.04. The molecule has 0 heterocycles. The van der Waals surface area contributed by atoms with Crippen LogP contribution in [-0.4, -0.2) is 0 Å². The summed E-state index contributed by atoms with van der Waals surface area (Å²) in [4.78, 5) is 0. The molecule has 1 aliphatic rings. The lowest BCUT2D eigenvalue weighted by molar-refractivity contribution is 0.0578. The second-order valence-corrected chi connectivity index (χ2v) is 6.76. The van der Waals surface area contributed by atoms with E-state index < -0.39 is 0 Å². The first kappa shape index (κ1) is 13.6. The maximum atomic E-state index is 9.38. The highest BCUT2D eigenvalue weighted by Gasteiger charge is 2.42. The molecule has 16 heavy (non-hydrogen) atoms. The van der Waals surface area contributed by atoms with Gasteiger partial charge in [0.1, 0.15) is 0 Å². The van der Waals surface area contributed by atoms with Crippen molar-refractivity contribution in [3.63, 3.8) is 0 Å². The molecule has 0 amide bonds. The van der Waals surface area contributed by atoms with Crippen LogP contribution in [0.1, 0.15) is 66.7 Å². The Labute approximate surface area is 101 Å². The molecule has 1 fully saturated rings. The minimum Gasteiger partial charge on any atom is -0.198 e. The predicted octanol–water partition coefficient (Wildman–Crippen LogP) is 4.78. The van der Waals surface area contributed by atoms with Crippen LogP contribution in [0, 0.1) is 34.0 Å². The van der Waals surface area contributed by atoms with Crippen LogP contribution in [0.5, 0.6) is 0 Å². The second kappa shape index (κ2) is 4.78. The average Bonchev–Trinajstić information content (AvgIpc) is 2.17. The van der Waals surface area contributed by atoms with Crippen LogP contribution >= 0.6 is 0 Å². The van der Waals surface area contributed by atoms with Gasteiger partial charge in [-0.2, -0.15) is 5.26 Å². The smallest absolute Gasteiger partial charge is 0.0687 e. The number of hydrogen-bond donors (Lipinski definition) is 0. The fraction of sp³-hybridized carbons (Fsp3) is 0.933. The van der Waals surface area contributed by atoms with Crippen LogP contribution in [0.25, 0.3) is 0 Å². The van der Waals surface area contributed by atoms with Crippen molar-refractivity contribution in [1.82, 2.24) is 0 Å². The van der Waals surface area contributed by atoms with Crippen molar-refractivity contribution in [2.75, 3.05) is 0 Å². The summed E-state index contributed by atoms with van der Waals surface area (Å²) < 4.78 is 0. The highest BCUT2D eigenvalue weighted by atomic mass is 14.5. The first-order chi connectivity index (χ1) is 7.36. The Morgan fingerprint density at radius 1 is 1.19 bits per heavy atom. The van der Waals surface area contributed by atoms with E-state index in [1.54, 1.807) is 0 Å². The van der Waals surface area contributed by atoms with E-state index in [1.807, 2.05) is 0 Å². The summed E-state index contributed by atoms with van der Waals surface area (Å²) >= 11 is 0. The lowest BCUT2D eigenvalue weighted by Crippen LogP contribution is -2.37. The van der Waals surface area contributed by atoms with Crippen LogP contribution in [0.2, 0.25) is 0 Å². The number of nitriles is 1. The van der Waals surface area contributed by atoms with E-state index in [0.29, 0.717) is 5.41 Å². The van der Waals surface area contributed by atoms with E-state index in [9.17, 15) is 5.26 Å². The molecule has 2 atom stereocenters. The highest BCUT2D eigenvalue weighted by Crippen LogP contribution is 2.51. The molecule has 1 rings (SSSR count). The average molecular weight is 221 g/mol. The normalized spacial score (nSPS) is 33.7. The summed E-state index contributed by atoms with van der Waals surface area (Å²) in [6.45, 7) is 11.4. The summed E-state index contributed by atoms with van der Waals surface area (Å²) in [7, 11) is 0. The van der Waals surface area contributed by atoms with Gasteiger partial charge in [-0.25, -0.2) is 0 Å². The van der Waals surface area contributed by atoms with Crippen molar-refractivity contribution in [3.8, 4) is 6.07 Å². The SMILES string of the molecule is CCC(CC)C1CC(C)(C)CC(C)(C#N)C1. The Morgan fingerprint density at radius 3 is 2.19 bits per heavy atom. The lowest BCUT2D eigenvalue weighted by atomic mass is 9.58. The molecular weight excluding hydrogens is 194 g/mol. The third kappa shape index (κ3) is 3.00. The molecular formula is C15H27N. The predicted molar refractivity (Wildman–Crippen MR) is 68.9 cm³/mol. The summed E-state index contributed by atoms with van der Waals surface area (Å²) in [6.07, 6.45) is 6.00. The van der Waals surface area contributed by atoms with Gasteiger partial charge in [0.25, 0.3) is 0 Å². The maximum absolute atomic E-state index is 9.38. The van der Waals surface area contributed by atoms with E-state index in [1.165, 1.54) is 19.3 Å². The number of nitrogens with zero attached hydrogens (tertiary/aromatic N) is 1. The van der Waals surface area contributed by atoms with Crippen molar-refractivity contribution < 1.29 is 0 Å². The molecule has 1 saturated carbocycles. The zero-order valence-electron chi connectivity index (χ0n) is 11.6. The van der Waals surface area contributed by atoms with Gasteiger partial charge in [-0.3, -0.25) is 0 Å². The monoisotopic (exact) mass is 221 g/mol. The third-order valence-corrected chi connectivity index (χ3v) is 4.38. The Bertz CT molecular complexity index is 270. The molecule has 92 valence electrons.